The summed E-state index contributed by atoms with van der Waals surface area (Å²) in [5.74, 6) is 0.540. The van der Waals surface area contributed by atoms with Gasteiger partial charge in [0.2, 0.25) is 0 Å². The van der Waals surface area contributed by atoms with E-state index in [4.69, 9.17) is 6.42 Å². The minimum absolute atomic E-state index is 0.465. The van der Waals surface area contributed by atoms with E-state index in [0.717, 1.165) is 51.4 Å². The second-order valence-corrected chi connectivity index (χ2v) is 7.40. The standard InChI is InChI=1S/C13H14F2N2.C10H12F2N2/c1-2-5-16-6-8-17(9-7-16)13-4-3-11(14)10-12(13)15;11-8-1-2-10(9(12)7-8)14-5-3-13-4-6-14/h1,3-4,10H,5-9H2;1-2,7,13H,3-6H2. The summed E-state index contributed by atoms with van der Waals surface area (Å²) < 4.78 is 52.3. The van der Waals surface area contributed by atoms with Gasteiger partial charge in [-0.2, -0.15) is 0 Å². The average Bonchev–Trinajstić information content (AvgIpc) is 2.76. The van der Waals surface area contributed by atoms with Crippen LogP contribution >= 0.6 is 0 Å². The van der Waals surface area contributed by atoms with Gasteiger partial charge in [-0.15, -0.1) is 6.42 Å². The predicted octanol–water partition coefficient (Wildman–Crippen LogP) is 3.09. The zero-order valence-electron chi connectivity index (χ0n) is 17.3. The van der Waals surface area contributed by atoms with E-state index in [1.54, 1.807) is 0 Å². The molecule has 2 aromatic carbocycles. The van der Waals surface area contributed by atoms with Crippen LogP contribution in [0.2, 0.25) is 0 Å². The summed E-state index contributed by atoms with van der Waals surface area (Å²) in [6, 6.07) is 7.41. The topological polar surface area (TPSA) is 21.8 Å². The van der Waals surface area contributed by atoms with Crippen molar-refractivity contribution in [1.29, 1.82) is 0 Å². The smallest absolute Gasteiger partial charge is 0.149 e. The number of halogens is 4. The highest BCUT2D eigenvalue weighted by Gasteiger charge is 2.19. The lowest BCUT2D eigenvalue weighted by molar-refractivity contribution is 0.287. The molecule has 1 N–H and O–H groups in total. The van der Waals surface area contributed by atoms with Crippen molar-refractivity contribution < 1.29 is 17.6 Å². The van der Waals surface area contributed by atoms with Gasteiger partial charge in [-0.1, -0.05) is 5.92 Å². The molecule has 0 saturated carbocycles. The molecular formula is C23H26F4N4. The SMILES string of the molecule is C#CCN1CCN(c2ccc(F)cc2F)CC1.Fc1ccc(N2CCNCC2)c(F)c1. The Bertz CT molecular complexity index is 901. The first-order chi connectivity index (χ1) is 15.0. The Morgan fingerprint density at radius 3 is 1.68 bits per heavy atom. The number of hydrogen-bond donors (Lipinski definition) is 1. The Kier molecular flexibility index (Phi) is 8.15. The van der Waals surface area contributed by atoms with Gasteiger partial charge in [0.05, 0.1) is 17.9 Å². The van der Waals surface area contributed by atoms with Gasteiger partial charge in [-0.3, -0.25) is 4.90 Å². The van der Waals surface area contributed by atoms with Gasteiger partial charge in [0.15, 0.2) is 0 Å². The molecule has 0 atom stereocenters. The summed E-state index contributed by atoms with van der Waals surface area (Å²) in [5, 5.41) is 3.18. The van der Waals surface area contributed by atoms with Crippen LogP contribution in [0.4, 0.5) is 28.9 Å². The summed E-state index contributed by atoms with van der Waals surface area (Å²) in [6.45, 7) is 6.88. The van der Waals surface area contributed by atoms with Crippen LogP contribution in [0.5, 0.6) is 0 Å². The van der Waals surface area contributed by atoms with Gasteiger partial charge >= 0.3 is 0 Å². The van der Waals surface area contributed by atoms with Crippen molar-refractivity contribution in [1.82, 2.24) is 10.2 Å². The molecule has 4 nitrogen and oxygen atoms in total. The van der Waals surface area contributed by atoms with Gasteiger partial charge in [0.25, 0.3) is 0 Å². The molecule has 166 valence electrons. The maximum atomic E-state index is 13.6. The van der Waals surface area contributed by atoms with Crippen LogP contribution in [0.1, 0.15) is 0 Å². The van der Waals surface area contributed by atoms with Crippen molar-refractivity contribution in [3.05, 3.63) is 59.7 Å². The van der Waals surface area contributed by atoms with Crippen molar-refractivity contribution in [3.63, 3.8) is 0 Å². The van der Waals surface area contributed by atoms with Gasteiger partial charge in [-0.05, 0) is 24.3 Å². The molecule has 31 heavy (non-hydrogen) atoms. The first-order valence-electron chi connectivity index (χ1n) is 10.2. The Balaban J connectivity index is 0.000000179. The molecule has 2 aliphatic heterocycles. The van der Waals surface area contributed by atoms with Crippen molar-refractivity contribution in [2.45, 2.75) is 0 Å². The minimum Gasteiger partial charge on any atom is -0.367 e. The molecule has 2 fully saturated rings. The lowest BCUT2D eigenvalue weighted by Gasteiger charge is -2.35. The fraction of sp³-hybridized carbons (Fsp3) is 0.391. The second-order valence-electron chi connectivity index (χ2n) is 7.40. The van der Waals surface area contributed by atoms with E-state index >= 15 is 0 Å². The molecule has 2 aliphatic rings. The van der Waals surface area contributed by atoms with E-state index in [-0.39, 0.29) is 0 Å². The van der Waals surface area contributed by atoms with E-state index in [0.29, 0.717) is 31.0 Å². The first kappa shape index (κ1) is 22.9. The molecule has 0 bridgehead atoms. The summed E-state index contributed by atoms with van der Waals surface area (Å²) in [6.07, 6.45) is 5.24. The van der Waals surface area contributed by atoms with E-state index in [2.05, 4.69) is 16.1 Å². The fourth-order valence-electron chi connectivity index (χ4n) is 3.66. The van der Waals surface area contributed by atoms with Crippen LogP contribution in [0.3, 0.4) is 0 Å². The number of rotatable bonds is 3. The molecule has 0 spiro atoms. The molecule has 8 heteroatoms. The third-order valence-corrected chi connectivity index (χ3v) is 5.31. The third kappa shape index (κ3) is 6.36. The fourth-order valence-corrected chi connectivity index (χ4v) is 3.66. The highest BCUT2D eigenvalue weighted by Crippen LogP contribution is 2.22. The summed E-state index contributed by atoms with van der Waals surface area (Å²) in [5.41, 5.74) is 0.958. The van der Waals surface area contributed by atoms with Crippen LogP contribution in [0, 0.1) is 35.6 Å². The van der Waals surface area contributed by atoms with Gasteiger partial charge in [0, 0.05) is 64.5 Å². The Morgan fingerprint density at radius 2 is 1.23 bits per heavy atom. The number of nitrogens with zero attached hydrogens (tertiary/aromatic N) is 3. The molecule has 2 heterocycles. The summed E-state index contributed by atoms with van der Waals surface area (Å²) >= 11 is 0. The van der Waals surface area contributed by atoms with E-state index in [1.165, 1.54) is 24.3 Å². The highest BCUT2D eigenvalue weighted by atomic mass is 19.1. The first-order valence-corrected chi connectivity index (χ1v) is 10.2. The maximum absolute atomic E-state index is 13.6. The highest BCUT2D eigenvalue weighted by molar-refractivity contribution is 5.49. The molecule has 2 aromatic rings. The number of hydrogen-bond acceptors (Lipinski definition) is 4. The second kappa shape index (κ2) is 11.0. The number of anilines is 2. The van der Waals surface area contributed by atoms with Gasteiger partial charge in [0.1, 0.15) is 23.3 Å². The molecule has 0 aromatic heterocycles. The van der Waals surface area contributed by atoms with Crippen molar-refractivity contribution >= 4 is 11.4 Å². The van der Waals surface area contributed by atoms with Crippen LogP contribution in [-0.2, 0) is 0 Å². The predicted molar refractivity (Wildman–Crippen MR) is 115 cm³/mol. The van der Waals surface area contributed by atoms with Crippen molar-refractivity contribution in [3.8, 4) is 12.3 Å². The summed E-state index contributed by atoms with van der Waals surface area (Å²) in [7, 11) is 0. The molecule has 0 radical (unpaired) electrons. The molecule has 0 unspecified atom stereocenters. The third-order valence-electron chi connectivity index (χ3n) is 5.31. The molecule has 2 saturated heterocycles. The van der Waals surface area contributed by atoms with E-state index in [1.807, 2.05) is 9.80 Å². The lowest BCUT2D eigenvalue weighted by Crippen LogP contribution is -2.46. The van der Waals surface area contributed by atoms with Crippen LogP contribution < -0.4 is 15.1 Å². The monoisotopic (exact) mass is 434 g/mol. The van der Waals surface area contributed by atoms with Crippen molar-refractivity contribution in [2.75, 3.05) is 68.7 Å². The molecule has 4 rings (SSSR count). The quantitative estimate of drug-likeness (QED) is 0.592. The lowest BCUT2D eigenvalue weighted by atomic mass is 10.2. The van der Waals surface area contributed by atoms with E-state index < -0.39 is 23.3 Å². The average molecular weight is 434 g/mol. The largest absolute Gasteiger partial charge is 0.367 e. The molecule has 0 aliphatic carbocycles. The Morgan fingerprint density at radius 1 is 0.742 bits per heavy atom. The van der Waals surface area contributed by atoms with Crippen LogP contribution in [-0.4, -0.2) is 63.8 Å². The van der Waals surface area contributed by atoms with Gasteiger partial charge in [-0.25, -0.2) is 17.6 Å². The van der Waals surface area contributed by atoms with Gasteiger partial charge < -0.3 is 15.1 Å². The van der Waals surface area contributed by atoms with Crippen LogP contribution in [0.25, 0.3) is 0 Å². The normalized spacial score (nSPS) is 17.0. The molecule has 0 amide bonds. The maximum Gasteiger partial charge on any atom is 0.149 e. The minimum atomic E-state index is -0.544. The van der Waals surface area contributed by atoms with Crippen LogP contribution in [0.15, 0.2) is 36.4 Å². The number of terminal acetylenes is 1. The summed E-state index contributed by atoms with van der Waals surface area (Å²) in [4.78, 5) is 5.98. The number of benzene rings is 2. The number of nitrogens with one attached hydrogen (secondary N) is 1. The number of piperazine rings is 2. The Hall–Kier alpha value is -2.76. The van der Waals surface area contributed by atoms with E-state index in [9.17, 15) is 17.6 Å². The Labute approximate surface area is 180 Å². The molecular weight excluding hydrogens is 408 g/mol. The zero-order valence-corrected chi connectivity index (χ0v) is 17.3. The zero-order chi connectivity index (χ0) is 22.2. The van der Waals surface area contributed by atoms with Crippen molar-refractivity contribution in [2.24, 2.45) is 0 Å².